The number of ether oxygens (including phenoxy) is 3. The summed E-state index contributed by atoms with van der Waals surface area (Å²) in [5, 5.41) is 3.36. The molecule has 1 aliphatic heterocycles. The first kappa shape index (κ1) is 25.0. The first-order valence-electron chi connectivity index (χ1n) is 10.1. The minimum Gasteiger partial charge on any atom is -0.494 e. The molecule has 1 unspecified atom stereocenters. The number of nitrogens with zero attached hydrogens (tertiary/aromatic N) is 2. The number of hydrogen-bond donors (Lipinski definition) is 1. The van der Waals surface area contributed by atoms with Crippen LogP contribution in [0.1, 0.15) is 32.3 Å². The maximum atomic E-state index is 5.75. The second kappa shape index (κ2) is 14.9. The highest BCUT2D eigenvalue weighted by atomic mass is 127. The van der Waals surface area contributed by atoms with Gasteiger partial charge in [0.05, 0.1) is 19.8 Å². The van der Waals surface area contributed by atoms with E-state index in [4.69, 9.17) is 19.2 Å². The van der Waals surface area contributed by atoms with Crippen molar-refractivity contribution < 1.29 is 14.2 Å². The third kappa shape index (κ3) is 9.43. The largest absolute Gasteiger partial charge is 0.494 e. The predicted molar refractivity (Wildman–Crippen MR) is 125 cm³/mol. The van der Waals surface area contributed by atoms with E-state index < -0.39 is 0 Å². The zero-order chi connectivity index (χ0) is 19.3. The van der Waals surface area contributed by atoms with Crippen molar-refractivity contribution in [1.82, 2.24) is 10.2 Å². The van der Waals surface area contributed by atoms with Crippen LogP contribution < -0.4 is 10.1 Å². The molecule has 1 aromatic rings. The summed E-state index contributed by atoms with van der Waals surface area (Å²) in [6.45, 7) is 10.5. The minimum atomic E-state index is 0. The first-order valence-corrected chi connectivity index (χ1v) is 10.1. The topological polar surface area (TPSA) is 55.3 Å². The molecule has 1 saturated heterocycles. The van der Waals surface area contributed by atoms with Crippen molar-refractivity contribution in [3.05, 3.63) is 29.8 Å². The number of aliphatic imine (C=N–C) groups is 1. The third-order valence-electron chi connectivity index (χ3n) is 4.44. The number of guanidine groups is 1. The maximum absolute atomic E-state index is 5.75. The van der Waals surface area contributed by atoms with Gasteiger partial charge in [0, 0.05) is 45.8 Å². The van der Waals surface area contributed by atoms with Gasteiger partial charge in [-0.1, -0.05) is 12.1 Å². The summed E-state index contributed by atoms with van der Waals surface area (Å²) in [6.07, 6.45) is 2.05. The molecule has 1 aromatic carbocycles. The average molecular weight is 505 g/mol. The lowest BCUT2D eigenvalue weighted by Gasteiger charge is -2.22. The van der Waals surface area contributed by atoms with Gasteiger partial charge in [-0.3, -0.25) is 4.99 Å². The van der Waals surface area contributed by atoms with Crippen molar-refractivity contribution >= 4 is 29.9 Å². The highest BCUT2D eigenvalue weighted by Gasteiger charge is 2.15. The number of rotatable bonds is 11. The van der Waals surface area contributed by atoms with Gasteiger partial charge < -0.3 is 24.4 Å². The van der Waals surface area contributed by atoms with Gasteiger partial charge in [-0.25, -0.2) is 0 Å². The molecule has 0 radical (unpaired) electrons. The van der Waals surface area contributed by atoms with Crippen LogP contribution in [0.3, 0.4) is 0 Å². The van der Waals surface area contributed by atoms with E-state index in [0.717, 1.165) is 70.6 Å². The van der Waals surface area contributed by atoms with Gasteiger partial charge >= 0.3 is 0 Å². The van der Waals surface area contributed by atoms with Crippen molar-refractivity contribution in [2.45, 2.75) is 33.2 Å². The Balaban J connectivity index is 0.00000392. The Morgan fingerprint density at radius 1 is 1.29 bits per heavy atom. The van der Waals surface area contributed by atoms with Gasteiger partial charge in [-0.05, 0) is 44.4 Å². The van der Waals surface area contributed by atoms with Crippen LogP contribution >= 0.6 is 24.0 Å². The summed E-state index contributed by atoms with van der Waals surface area (Å²) >= 11 is 0. The van der Waals surface area contributed by atoms with Gasteiger partial charge in [0.2, 0.25) is 0 Å². The van der Waals surface area contributed by atoms with E-state index in [0.29, 0.717) is 12.5 Å². The number of benzene rings is 1. The third-order valence-corrected chi connectivity index (χ3v) is 4.44. The van der Waals surface area contributed by atoms with Crippen molar-refractivity contribution in [2.24, 2.45) is 10.9 Å². The van der Waals surface area contributed by atoms with Crippen molar-refractivity contribution in [3.8, 4) is 5.75 Å². The Morgan fingerprint density at radius 3 is 2.71 bits per heavy atom. The molecule has 1 N–H and O–H groups in total. The standard InChI is InChI=1S/C21H35N3O3.HI/c1-4-22-21(23-12-6-13-25-16-19-11-14-26-17-19)24(3)15-18-7-9-20(10-8-18)27-5-2;/h7-10,19H,4-6,11-17H2,1-3H3,(H,22,23);1H. The molecule has 0 aliphatic carbocycles. The van der Waals surface area contributed by atoms with E-state index in [2.05, 4.69) is 36.3 Å². The highest BCUT2D eigenvalue weighted by molar-refractivity contribution is 14.0. The van der Waals surface area contributed by atoms with Crippen LogP contribution in [0.15, 0.2) is 29.3 Å². The molecule has 0 spiro atoms. The molecule has 160 valence electrons. The molecular weight excluding hydrogens is 469 g/mol. The molecule has 1 fully saturated rings. The molecule has 0 bridgehead atoms. The van der Waals surface area contributed by atoms with E-state index in [1.165, 1.54) is 5.56 Å². The second-order valence-corrected chi connectivity index (χ2v) is 6.83. The zero-order valence-electron chi connectivity index (χ0n) is 17.5. The molecule has 28 heavy (non-hydrogen) atoms. The molecule has 0 amide bonds. The lowest BCUT2D eigenvalue weighted by molar-refractivity contribution is 0.0893. The lowest BCUT2D eigenvalue weighted by atomic mass is 10.1. The van der Waals surface area contributed by atoms with Gasteiger partial charge in [0.1, 0.15) is 5.75 Å². The monoisotopic (exact) mass is 505 g/mol. The Labute approximate surface area is 187 Å². The Hall–Kier alpha value is -1.06. The highest BCUT2D eigenvalue weighted by Crippen LogP contribution is 2.14. The zero-order valence-corrected chi connectivity index (χ0v) is 19.8. The van der Waals surface area contributed by atoms with E-state index in [1.807, 2.05) is 19.1 Å². The molecule has 1 aliphatic rings. The summed E-state index contributed by atoms with van der Waals surface area (Å²) in [4.78, 5) is 6.88. The molecule has 7 heteroatoms. The van der Waals surface area contributed by atoms with Gasteiger partial charge in [0.25, 0.3) is 0 Å². The summed E-state index contributed by atoms with van der Waals surface area (Å²) in [5.74, 6) is 2.41. The van der Waals surface area contributed by atoms with Gasteiger partial charge in [-0.2, -0.15) is 0 Å². The van der Waals surface area contributed by atoms with E-state index in [9.17, 15) is 0 Å². The quantitative estimate of drug-likeness (QED) is 0.216. The van der Waals surface area contributed by atoms with E-state index >= 15 is 0 Å². The van der Waals surface area contributed by atoms with Crippen LogP contribution in [-0.2, 0) is 16.0 Å². The second-order valence-electron chi connectivity index (χ2n) is 6.83. The first-order chi connectivity index (χ1) is 13.2. The van der Waals surface area contributed by atoms with Gasteiger partial charge in [-0.15, -0.1) is 24.0 Å². The van der Waals surface area contributed by atoms with Crippen LogP contribution in [-0.4, -0.2) is 64.0 Å². The van der Waals surface area contributed by atoms with Crippen LogP contribution in [0, 0.1) is 5.92 Å². The molecule has 1 heterocycles. The Morgan fingerprint density at radius 2 is 2.07 bits per heavy atom. The fraction of sp³-hybridized carbons (Fsp3) is 0.667. The molecule has 0 saturated carbocycles. The van der Waals surface area contributed by atoms with Crippen LogP contribution in [0.4, 0.5) is 0 Å². The van der Waals surface area contributed by atoms with E-state index in [-0.39, 0.29) is 24.0 Å². The lowest BCUT2D eigenvalue weighted by Crippen LogP contribution is -2.38. The molecule has 2 rings (SSSR count). The van der Waals surface area contributed by atoms with Crippen LogP contribution in [0.5, 0.6) is 5.75 Å². The number of hydrogen-bond acceptors (Lipinski definition) is 4. The van der Waals surface area contributed by atoms with Crippen molar-refractivity contribution in [2.75, 3.05) is 53.2 Å². The van der Waals surface area contributed by atoms with Crippen LogP contribution in [0.2, 0.25) is 0 Å². The Kier molecular flexibility index (Phi) is 13.3. The molecule has 0 aromatic heterocycles. The number of nitrogens with one attached hydrogen (secondary N) is 1. The minimum absolute atomic E-state index is 0. The summed E-state index contributed by atoms with van der Waals surface area (Å²) < 4.78 is 16.6. The van der Waals surface area contributed by atoms with Gasteiger partial charge in [0.15, 0.2) is 5.96 Å². The Bertz CT molecular complexity index is 548. The predicted octanol–water partition coefficient (Wildman–Crippen LogP) is 3.54. The molecule has 6 nitrogen and oxygen atoms in total. The summed E-state index contributed by atoms with van der Waals surface area (Å²) in [5.41, 5.74) is 1.23. The normalized spacial score (nSPS) is 16.5. The number of halogens is 1. The smallest absolute Gasteiger partial charge is 0.193 e. The molecule has 1 atom stereocenters. The summed E-state index contributed by atoms with van der Waals surface area (Å²) in [6, 6.07) is 8.24. The van der Waals surface area contributed by atoms with Crippen molar-refractivity contribution in [3.63, 3.8) is 0 Å². The van der Waals surface area contributed by atoms with Crippen LogP contribution in [0.25, 0.3) is 0 Å². The average Bonchev–Trinajstić information content (AvgIpc) is 3.19. The van der Waals surface area contributed by atoms with Crippen molar-refractivity contribution in [1.29, 1.82) is 0 Å². The summed E-state index contributed by atoms with van der Waals surface area (Å²) in [7, 11) is 2.06. The molecular formula is C21H36IN3O3. The fourth-order valence-corrected chi connectivity index (χ4v) is 2.99. The fourth-order valence-electron chi connectivity index (χ4n) is 2.99. The van der Waals surface area contributed by atoms with E-state index in [1.54, 1.807) is 0 Å². The SMILES string of the molecule is CCNC(=NCCCOCC1CCOC1)N(C)Cc1ccc(OCC)cc1.I. The maximum Gasteiger partial charge on any atom is 0.193 e.